The van der Waals surface area contributed by atoms with Gasteiger partial charge >= 0.3 is 0 Å². The summed E-state index contributed by atoms with van der Waals surface area (Å²) in [5.41, 5.74) is 1.29. The van der Waals surface area contributed by atoms with Gasteiger partial charge in [0.1, 0.15) is 11.6 Å². The normalized spacial score (nSPS) is 12.6. The van der Waals surface area contributed by atoms with Gasteiger partial charge in [0, 0.05) is 5.56 Å². The van der Waals surface area contributed by atoms with Gasteiger partial charge in [0.05, 0.1) is 12.3 Å². The van der Waals surface area contributed by atoms with Crippen LogP contribution in [0.1, 0.15) is 36.3 Å². The lowest BCUT2D eigenvalue weighted by Gasteiger charge is -2.18. The molecule has 0 spiro atoms. The Morgan fingerprint density at radius 1 is 1.28 bits per heavy atom. The first-order chi connectivity index (χ1) is 8.74. The minimum Gasteiger partial charge on any atom is -0.467 e. The fourth-order valence-electron chi connectivity index (χ4n) is 2.00. The van der Waals surface area contributed by atoms with Crippen molar-refractivity contribution >= 4 is 0 Å². The van der Waals surface area contributed by atoms with Crippen molar-refractivity contribution in [2.45, 2.75) is 26.3 Å². The first-order valence-electron chi connectivity index (χ1n) is 6.25. The van der Waals surface area contributed by atoms with Crippen LogP contribution in [0.2, 0.25) is 0 Å². The average Bonchev–Trinajstić information content (AvgIpc) is 2.88. The van der Waals surface area contributed by atoms with E-state index in [-0.39, 0.29) is 11.9 Å². The van der Waals surface area contributed by atoms with Crippen LogP contribution in [0.15, 0.2) is 41.0 Å². The molecule has 0 aliphatic carbocycles. The zero-order valence-electron chi connectivity index (χ0n) is 10.7. The molecule has 1 atom stereocenters. The van der Waals surface area contributed by atoms with Crippen LogP contribution in [0.5, 0.6) is 0 Å². The van der Waals surface area contributed by atoms with Gasteiger partial charge in [0.2, 0.25) is 0 Å². The maximum absolute atomic E-state index is 14.2. The van der Waals surface area contributed by atoms with E-state index in [1.165, 1.54) is 0 Å². The van der Waals surface area contributed by atoms with E-state index >= 15 is 0 Å². The molecule has 2 rings (SSSR count). The Balaban J connectivity index is 2.37. The molecule has 0 saturated heterocycles. The predicted octanol–water partition coefficient (Wildman–Crippen LogP) is 3.82. The van der Waals surface area contributed by atoms with E-state index < -0.39 is 0 Å². The van der Waals surface area contributed by atoms with Gasteiger partial charge in [0.25, 0.3) is 0 Å². The molecule has 96 valence electrons. The highest BCUT2D eigenvalue weighted by Gasteiger charge is 2.20. The van der Waals surface area contributed by atoms with E-state index in [0.29, 0.717) is 11.1 Å². The second-order valence-electron chi connectivity index (χ2n) is 4.38. The minimum atomic E-state index is -0.222. The topological polar surface area (TPSA) is 25.2 Å². The summed E-state index contributed by atoms with van der Waals surface area (Å²) in [7, 11) is 0. The number of hydrogen-bond donors (Lipinski definition) is 1. The first kappa shape index (κ1) is 12.8. The van der Waals surface area contributed by atoms with E-state index in [1.807, 2.05) is 18.2 Å². The summed E-state index contributed by atoms with van der Waals surface area (Å²) in [6.07, 6.45) is 2.61. The van der Waals surface area contributed by atoms with E-state index in [2.05, 4.69) is 12.2 Å². The third-order valence-electron chi connectivity index (χ3n) is 2.96. The Morgan fingerprint density at radius 3 is 2.78 bits per heavy atom. The Bertz CT molecular complexity index is 493. The molecular formula is C15H18FNO. The van der Waals surface area contributed by atoms with Crippen LogP contribution >= 0.6 is 0 Å². The van der Waals surface area contributed by atoms with Crippen molar-refractivity contribution in [3.05, 3.63) is 59.3 Å². The van der Waals surface area contributed by atoms with Gasteiger partial charge in [-0.15, -0.1) is 0 Å². The van der Waals surface area contributed by atoms with Crippen LogP contribution < -0.4 is 5.32 Å². The number of nitrogens with one attached hydrogen (secondary N) is 1. The molecule has 0 aliphatic rings. The van der Waals surface area contributed by atoms with E-state index in [9.17, 15) is 4.39 Å². The quantitative estimate of drug-likeness (QED) is 0.869. The van der Waals surface area contributed by atoms with Crippen molar-refractivity contribution in [3.8, 4) is 0 Å². The fraction of sp³-hybridized carbons (Fsp3) is 0.333. The molecule has 0 aliphatic heterocycles. The number of aryl methyl sites for hydroxylation is 1. The molecule has 2 nitrogen and oxygen atoms in total. The zero-order chi connectivity index (χ0) is 13.0. The fourth-order valence-corrected chi connectivity index (χ4v) is 2.00. The number of furan rings is 1. The maximum atomic E-state index is 14.2. The lowest BCUT2D eigenvalue weighted by atomic mass is 10.0. The van der Waals surface area contributed by atoms with Crippen molar-refractivity contribution in [1.82, 2.24) is 5.32 Å². The smallest absolute Gasteiger partial charge is 0.131 e. The van der Waals surface area contributed by atoms with Crippen LogP contribution in [0.3, 0.4) is 0 Å². The molecule has 18 heavy (non-hydrogen) atoms. The second-order valence-corrected chi connectivity index (χ2v) is 4.38. The van der Waals surface area contributed by atoms with Gasteiger partial charge in [-0.3, -0.25) is 0 Å². The monoisotopic (exact) mass is 247 g/mol. The van der Waals surface area contributed by atoms with Gasteiger partial charge in [0.15, 0.2) is 0 Å². The van der Waals surface area contributed by atoms with Crippen LogP contribution in [0.4, 0.5) is 4.39 Å². The molecule has 1 aromatic carbocycles. The summed E-state index contributed by atoms with van der Waals surface area (Å²) >= 11 is 0. The van der Waals surface area contributed by atoms with E-state index in [1.54, 1.807) is 25.3 Å². The van der Waals surface area contributed by atoms with Crippen molar-refractivity contribution in [3.63, 3.8) is 0 Å². The van der Waals surface area contributed by atoms with Crippen LogP contribution in [-0.4, -0.2) is 6.54 Å². The van der Waals surface area contributed by atoms with Gasteiger partial charge in [-0.1, -0.05) is 25.1 Å². The average molecular weight is 247 g/mol. The van der Waals surface area contributed by atoms with Crippen LogP contribution in [0, 0.1) is 12.7 Å². The highest BCUT2D eigenvalue weighted by molar-refractivity contribution is 5.32. The SMILES string of the molecule is CCCNC(c1ccco1)c1cccc(C)c1F. The Morgan fingerprint density at radius 2 is 2.11 bits per heavy atom. The molecule has 0 bridgehead atoms. The lowest BCUT2D eigenvalue weighted by molar-refractivity contribution is 0.435. The predicted molar refractivity (Wildman–Crippen MR) is 70.0 cm³/mol. The summed E-state index contributed by atoms with van der Waals surface area (Å²) in [4.78, 5) is 0. The van der Waals surface area contributed by atoms with Gasteiger partial charge < -0.3 is 9.73 Å². The largest absolute Gasteiger partial charge is 0.467 e. The molecule has 2 aromatic rings. The second kappa shape index (κ2) is 5.83. The van der Waals surface area contributed by atoms with Crippen molar-refractivity contribution in [2.24, 2.45) is 0 Å². The highest BCUT2D eigenvalue weighted by Crippen LogP contribution is 2.26. The Hall–Kier alpha value is -1.61. The van der Waals surface area contributed by atoms with Gasteiger partial charge in [-0.25, -0.2) is 4.39 Å². The third kappa shape index (κ3) is 2.62. The maximum Gasteiger partial charge on any atom is 0.131 e. The number of hydrogen-bond acceptors (Lipinski definition) is 2. The summed E-state index contributed by atoms with van der Waals surface area (Å²) < 4.78 is 19.6. The molecule has 0 radical (unpaired) electrons. The van der Waals surface area contributed by atoms with Crippen LogP contribution in [-0.2, 0) is 0 Å². The molecule has 3 heteroatoms. The number of benzene rings is 1. The zero-order valence-corrected chi connectivity index (χ0v) is 10.7. The third-order valence-corrected chi connectivity index (χ3v) is 2.96. The number of halogens is 1. The van der Waals surface area contributed by atoms with Crippen molar-refractivity contribution in [1.29, 1.82) is 0 Å². The highest BCUT2D eigenvalue weighted by atomic mass is 19.1. The standard InChI is InChI=1S/C15H18FNO/c1-3-9-17-15(13-8-5-10-18-13)12-7-4-6-11(2)14(12)16/h4-8,10,15,17H,3,9H2,1-2H3. The molecule has 1 unspecified atom stereocenters. The molecule has 1 heterocycles. The Labute approximate surface area is 107 Å². The minimum absolute atomic E-state index is 0.164. The Kier molecular flexibility index (Phi) is 4.15. The summed E-state index contributed by atoms with van der Waals surface area (Å²) in [5, 5.41) is 3.32. The molecular weight excluding hydrogens is 229 g/mol. The lowest BCUT2D eigenvalue weighted by Crippen LogP contribution is -2.24. The van der Waals surface area contributed by atoms with Crippen molar-refractivity contribution < 1.29 is 8.81 Å². The summed E-state index contributed by atoms with van der Waals surface area (Å²) in [6.45, 7) is 4.68. The summed E-state index contributed by atoms with van der Waals surface area (Å²) in [6, 6.07) is 8.92. The van der Waals surface area contributed by atoms with Gasteiger partial charge in [-0.2, -0.15) is 0 Å². The molecule has 0 saturated carbocycles. The van der Waals surface area contributed by atoms with Crippen LogP contribution in [0.25, 0.3) is 0 Å². The molecule has 1 aromatic heterocycles. The summed E-state index contributed by atoms with van der Waals surface area (Å²) in [5.74, 6) is 0.579. The molecule has 0 fully saturated rings. The van der Waals surface area contributed by atoms with Crippen molar-refractivity contribution in [2.75, 3.05) is 6.54 Å². The van der Waals surface area contributed by atoms with E-state index in [4.69, 9.17) is 4.42 Å². The van der Waals surface area contributed by atoms with Gasteiger partial charge in [-0.05, 0) is 37.6 Å². The first-order valence-corrected chi connectivity index (χ1v) is 6.25. The van der Waals surface area contributed by atoms with E-state index in [0.717, 1.165) is 18.7 Å². The number of rotatable bonds is 5. The molecule has 0 amide bonds. The molecule has 1 N–H and O–H groups in total.